The zero-order valence-corrected chi connectivity index (χ0v) is 9.23. The summed E-state index contributed by atoms with van der Waals surface area (Å²) in [6.45, 7) is 0. The van der Waals surface area contributed by atoms with Crippen molar-refractivity contribution in [3.63, 3.8) is 0 Å². The Balaban J connectivity index is 2.39. The van der Waals surface area contributed by atoms with Gasteiger partial charge in [0.1, 0.15) is 0 Å². The number of rotatable bonds is 2. The second kappa shape index (κ2) is 3.84. The van der Waals surface area contributed by atoms with Gasteiger partial charge in [0.2, 0.25) is 0 Å². The maximum Gasteiger partial charge on any atom is 0.157 e. The minimum atomic E-state index is 0.755. The van der Waals surface area contributed by atoms with E-state index < -0.39 is 0 Å². The first-order chi connectivity index (χ1) is 6.79. The first kappa shape index (κ1) is 9.27. The molecule has 0 amide bonds. The largest absolute Gasteiger partial charge is 0.493 e. The maximum atomic E-state index is 5.05. The van der Waals surface area contributed by atoms with Crippen LogP contribution in [0.2, 0.25) is 0 Å². The van der Waals surface area contributed by atoms with Crippen molar-refractivity contribution < 1.29 is 4.74 Å². The summed E-state index contributed by atoms with van der Waals surface area (Å²) in [7, 11) is 1.63. The fourth-order valence-corrected chi connectivity index (χ4v) is 1.56. The molecule has 0 atom stereocenters. The number of benzene rings is 1. The number of ether oxygens (including phenoxy) is 1. The van der Waals surface area contributed by atoms with Gasteiger partial charge >= 0.3 is 0 Å². The van der Waals surface area contributed by atoms with E-state index in [1.165, 1.54) is 0 Å². The molecule has 0 aliphatic heterocycles. The lowest BCUT2D eigenvalue weighted by atomic mass is 10.3. The number of hydrogen-bond donors (Lipinski definition) is 0. The van der Waals surface area contributed by atoms with Gasteiger partial charge in [-0.15, -0.1) is 0 Å². The molecule has 0 bridgehead atoms. The van der Waals surface area contributed by atoms with Crippen molar-refractivity contribution in [3.8, 4) is 11.4 Å². The predicted molar refractivity (Wildman–Crippen MR) is 57.8 cm³/mol. The molecule has 4 heteroatoms. The van der Waals surface area contributed by atoms with E-state index in [9.17, 15) is 0 Å². The molecule has 0 aliphatic rings. The minimum absolute atomic E-state index is 0.755. The van der Waals surface area contributed by atoms with Crippen molar-refractivity contribution in [1.29, 1.82) is 0 Å². The summed E-state index contributed by atoms with van der Waals surface area (Å²) in [5, 5.41) is 4.17. The smallest absolute Gasteiger partial charge is 0.157 e. The third kappa shape index (κ3) is 1.80. The summed E-state index contributed by atoms with van der Waals surface area (Å²) >= 11 is 3.41. The van der Waals surface area contributed by atoms with E-state index in [1.54, 1.807) is 18.0 Å². The van der Waals surface area contributed by atoms with Crippen LogP contribution in [0.4, 0.5) is 0 Å². The molecule has 0 unspecified atom stereocenters. The van der Waals surface area contributed by atoms with E-state index in [4.69, 9.17) is 4.74 Å². The van der Waals surface area contributed by atoms with Gasteiger partial charge in [0, 0.05) is 4.47 Å². The van der Waals surface area contributed by atoms with Crippen molar-refractivity contribution in [1.82, 2.24) is 9.78 Å². The van der Waals surface area contributed by atoms with E-state index in [1.807, 2.05) is 30.5 Å². The maximum absolute atomic E-state index is 5.05. The SMILES string of the molecule is COc1cnn(-c2cccc(Br)c2)c1. The third-order valence-electron chi connectivity index (χ3n) is 1.87. The number of nitrogens with zero attached hydrogens (tertiary/aromatic N) is 2. The van der Waals surface area contributed by atoms with Gasteiger partial charge in [-0.25, -0.2) is 4.68 Å². The molecule has 2 aromatic rings. The molecular formula is C10H9BrN2O. The molecule has 14 heavy (non-hydrogen) atoms. The normalized spacial score (nSPS) is 10.1. The highest BCUT2D eigenvalue weighted by Crippen LogP contribution is 2.17. The van der Waals surface area contributed by atoms with Crippen LogP contribution in [0.1, 0.15) is 0 Å². The van der Waals surface area contributed by atoms with Crippen LogP contribution in [0.3, 0.4) is 0 Å². The number of halogens is 1. The van der Waals surface area contributed by atoms with E-state index in [2.05, 4.69) is 21.0 Å². The van der Waals surface area contributed by atoms with E-state index in [-0.39, 0.29) is 0 Å². The van der Waals surface area contributed by atoms with Crippen LogP contribution < -0.4 is 4.74 Å². The Bertz CT molecular complexity index is 439. The first-order valence-electron chi connectivity index (χ1n) is 4.14. The van der Waals surface area contributed by atoms with Gasteiger partial charge in [0.15, 0.2) is 5.75 Å². The summed E-state index contributed by atoms with van der Waals surface area (Å²) in [5.41, 5.74) is 1.00. The Labute approximate surface area is 90.4 Å². The van der Waals surface area contributed by atoms with Gasteiger partial charge in [0.05, 0.1) is 25.2 Å². The fourth-order valence-electron chi connectivity index (χ4n) is 1.17. The summed E-state index contributed by atoms with van der Waals surface area (Å²) in [6.07, 6.45) is 3.52. The molecule has 2 rings (SSSR count). The van der Waals surface area contributed by atoms with Crippen molar-refractivity contribution >= 4 is 15.9 Å². The minimum Gasteiger partial charge on any atom is -0.493 e. The Morgan fingerprint density at radius 1 is 1.43 bits per heavy atom. The Morgan fingerprint density at radius 2 is 2.29 bits per heavy atom. The zero-order chi connectivity index (χ0) is 9.97. The second-order valence-corrected chi connectivity index (χ2v) is 3.72. The molecule has 0 fully saturated rings. The van der Waals surface area contributed by atoms with Gasteiger partial charge < -0.3 is 4.74 Å². The summed E-state index contributed by atoms with van der Waals surface area (Å²) < 4.78 is 7.85. The van der Waals surface area contributed by atoms with E-state index >= 15 is 0 Å². The molecule has 1 aromatic heterocycles. The van der Waals surface area contributed by atoms with Gasteiger partial charge in [0.25, 0.3) is 0 Å². The van der Waals surface area contributed by atoms with Crippen LogP contribution >= 0.6 is 15.9 Å². The summed E-state index contributed by atoms with van der Waals surface area (Å²) in [4.78, 5) is 0. The number of hydrogen-bond acceptors (Lipinski definition) is 2. The highest BCUT2D eigenvalue weighted by molar-refractivity contribution is 9.10. The molecule has 3 nitrogen and oxygen atoms in total. The summed E-state index contributed by atoms with van der Waals surface area (Å²) in [5.74, 6) is 0.755. The lowest BCUT2D eigenvalue weighted by molar-refractivity contribution is 0.414. The fraction of sp³-hybridized carbons (Fsp3) is 0.100. The predicted octanol–water partition coefficient (Wildman–Crippen LogP) is 2.64. The van der Waals surface area contributed by atoms with E-state index in [0.29, 0.717) is 0 Å². The molecular weight excluding hydrogens is 244 g/mol. The quantitative estimate of drug-likeness (QED) is 0.822. The average Bonchev–Trinajstić information content (AvgIpc) is 2.66. The molecule has 0 spiro atoms. The molecule has 1 aromatic carbocycles. The lowest BCUT2D eigenvalue weighted by Crippen LogP contribution is -1.93. The summed E-state index contributed by atoms with van der Waals surface area (Å²) in [6, 6.07) is 7.92. The van der Waals surface area contributed by atoms with Crippen LogP contribution in [0.25, 0.3) is 5.69 Å². The van der Waals surface area contributed by atoms with E-state index in [0.717, 1.165) is 15.9 Å². The molecule has 0 saturated heterocycles. The number of aromatic nitrogens is 2. The highest BCUT2D eigenvalue weighted by atomic mass is 79.9. The molecule has 0 aliphatic carbocycles. The Hall–Kier alpha value is -1.29. The molecule has 0 radical (unpaired) electrons. The Morgan fingerprint density at radius 3 is 2.93 bits per heavy atom. The monoisotopic (exact) mass is 252 g/mol. The third-order valence-corrected chi connectivity index (χ3v) is 2.36. The van der Waals surface area contributed by atoms with Crippen molar-refractivity contribution in [2.75, 3.05) is 7.11 Å². The van der Waals surface area contributed by atoms with Gasteiger partial charge in [-0.1, -0.05) is 22.0 Å². The molecule has 72 valence electrons. The van der Waals surface area contributed by atoms with Crippen molar-refractivity contribution in [3.05, 3.63) is 41.1 Å². The lowest BCUT2D eigenvalue weighted by Gasteiger charge is -2.00. The second-order valence-electron chi connectivity index (χ2n) is 2.80. The van der Waals surface area contributed by atoms with Crippen LogP contribution in [-0.2, 0) is 0 Å². The van der Waals surface area contributed by atoms with Crippen molar-refractivity contribution in [2.24, 2.45) is 0 Å². The van der Waals surface area contributed by atoms with Crippen molar-refractivity contribution in [2.45, 2.75) is 0 Å². The van der Waals surface area contributed by atoms with Gasteiger partial charge in [-0.3, -0.25) is 0 Å². The highest BCUT2D eigenvalue weighted by Gasteiger charge is 2.00. The van der Waals surface area contributed by atoms with Crippen LogP contribution in [0, 0.1) is 0 Å². The topological polar surface area (TPSA) is 27.1 Å². The Kier molecular flexibility index (Phi) is 2.54. The molecule has 1 heterocycles. The van der Waals surface area contributed by atoms with Crippen LogP contribution in [0.15, 0.2) is 41.1 Å². The zero-order valence-electron chi connectivity index (χ0n) is 7.64. The van der Waals surface area contributed by atoms with Gasteiger partial charge in [-0.05, 0) is 18.2 Å². The van der Waals surface area contributed by atoms with Crippen LogP contribution in [-0.4, -0.2) is 16.9 Å². The molecule has 0 N–H and O–H groups in total. The average molecular weight is 253 g/mol. The standard InChI is InChI=1S/C10H9BrN2O/c1-14-10-6-12-13(7-10)9-4-2-3-8(11)5-9/h2-7H,1H3. The first-order valence-corrected chi connectivity index (χ1v) is 4.93. The van der Waals surface area contributed by atoms with Crippen LogP contribution in [0.5, 0.6) is 5.75 Å². The number of methoxy groups -OCH3 is 1. The molecule has 0 saturated carbocycles. The van der Waals surface area contributed by atoms with Gasteiger partial charge in [-0.2, -0.15) is 5.10 Å².